The Balaban J connectivity index is 0. The molecule has 0 aliphatic carbocycles. The molecule has 0 atom stereocenters. The van der Waals surface area contributed by atoms with Crippen LogP contribution < -0.4 is 5.46 Å². The molecule has 5 N–H and O–H groups in total. The molecule has 0 aliphatic rings. The lowest BCUT2D eigenvalue weighted by Crippen LogP contribution is -2.35. The van der Waals surface area contributed by atoms with Crippen LogP contribution >= 0.6 is 0 Å². The second kappa shape index (κ2) is 9.14. The summed E-state index contributed by atoms with van der Waals surface area (Å²) >= 11 is 0. The van der Waals surface area contributed by atoms with Crippen molar-refractivity contribution in [2.24, 2.45) is 0 Å². The van der Waals surface area contributed by atoms with Gasteiger partial charge in [-0.05, 0) is 11.6 Å². The molecule has 4 nitrogen and oxygen atoms in total. The van der Waals surface area contributed by atoms with Gasteiger partial charge in [-0.15, -0.1) is 6.58 Å². The summed E-state index contributed by atoms with van der Waals surface area (Å²) in [5.74, 6) is 0. The van der Waals surface area contributed by atoms with Crippen molar-refractivity contribution in [3.05, 3.63) is 43.0 Å². The van der Waals surface area contributed by atoms with Crippen molar-refractivity contribution in [1.82, 2.24) is 0 Å². The second-order valence-electron chi connectivity index (χ2n) is 2.62. The molecule has 0 bridgehead atoms. The highest BCUT2D eigenvalue weighted by molar-refractivity contribution is 6.90. The summed E-state index contributed by atoms with van der Waals surface area (Å²) in [5, 5.41) is 7.19. The molecule has 0 aliphatic heterocycles. The molecule has 1 aromatic carbocycles. The highest BCUT2D eigenvalue weighted by Crippen LogP contribution is 1.89. The molecule has 0 saturated carbocycles. The summed E-state index contributed by atoms with van der Waals surface area (Å²) in [6.07, 6.45) is 2.97. The van der Waals surface area contributed by atoms with E-state index in [4.69, 9.17) is 10.1 Å². The minimum absolute atomic E-state index is 0. The molecule has 5 heteroatoms. The summed E-state index contributed by atoms with van der Waals surface area (Å²) in [5.41, 5.74) is 0.999. The first-order chi connectivity index (χ1) is 6.38. The smallest absolute Gasteiger partial charge is 0.372 e. The van der Waals surface area contributed by atoms with Gasteiger partial charge < -0.3 is 21.0 Å². The molecule has 0 heterocycles. The van der Waals surface area contributed by atoms with Crippen LogP contribution in [0.4, 0.5) is 0 Å². The van der Waals surface area contributed by atoms with Crippen molar-refractivity contribution in [1.29, 1.82) is 5.41 Å². The lowest BCUT2D eigenvalue weighted by Gasteiger charge is -2.07. The first kappa shape index (κ1) is 16.0. The van der Waals surface area contributed by atoms with Crippen LogP contribution in [0.25, 0.3) is 0 Å². The monoisotopic (exact) mass is 209 g/mol. The van der Waals surface area contributed by atoms with E-state index in [0.717, 1.165) is 5.46 Å². The maximum atomic E-state index is 7.19. The number of nitrogens with one attached hydrogen (secondary N) is 1. The van der Waals surface area contributed by atoms with Gasteiger partial charge in [0, 0.05) is 6.61 Å². The largest absolute Gasteiger partial charge is 0.423 e. The molecule has 1 aromatic rings. The van der Waals surface area contributed by atoms with Crippen molar-refractivity contribution >= 4 is 18.5 Å². The van der Waals surface area contributed by atoms with Crippen molar-refractivity contribution in [3.63, 3.8) is 0 Å². The minimum atomic E-state index is -0.251. The molecule has 0 aromatic heterocycles. The molecule has 0 saturated heterocycles. The Morgan fingerprint density at radius 2 is 1.87 bits per heavy atom. The van der Waals surface area contributed by atoms with Crippen LogP contribution in [0.5, 0.6) is 0 Å². The van der Waals surface area contributed by atoms with Crippen LogP contribution in [-0.2, 0) is 4.65 Å². The summed E-state index contributed by atoms with van der Waals surface area (Å²) in [4.78, 5) is 0. The summed E-state index contributed by atoms with van der Waals surface area (Å²) < 4.78 is 5.37. The van der Waals surface area contributed by atoms with Gasteiger partial charge in [0.05, 0.1) is 0 Å². The van der Waals surface area contributed by atoms with Gasteiger partial charge in [0.15, 0.2) is 0 Å². The van der Waals surface area contributed by atoms with Crippen molar-refractivity contribution < 1.29 is 15.6 Å². The predicted octanol–water partition coefficient (Wildman–Crippen LogP) is -0.373. The fraction of sp³-hybridized carbons (Fsp3) is 0.100. The van der Waals surface area contributed by atoms with Gasteiger partial charge >= 0.3 is 6.92 Å². The Kier molecular flexibility index (Phi) is 9.77. The highest BCUT2D eigenvalue weighted by atomic mass is 16.4. The second-order valence-corrected chi connectivity index (χ2v) is 2.62. The molecule has 0 unspecified atom stereocenters. The van der Waals surface area contributed by atoms with Gasteiger partial charge in [-0.25, -0.2) is 0 Å². The quantitative estimate of drug-likeness (QED) is 0.399. The minimum Gasteiger partial charge on any atom is -0.423 e. The fourth-order valence-electron chi connectivity index (χ4n) is 1.05. The van der Waals surface area contributed by atoms with E-state index in [1.807, 2.05) is 30.3 Å². The molecule has 15 heavy (non-hydrogen) atoms. The number of rotatable bonds is 5. The normalized spacial score (nSPS) is 8.00. The van der Waals surface area contributed by atoms with Crippen LogP contribution in [0.2, 0.25) is 0 Å². The summed E-state index contributed by atoms with van der Waals surface area (Å²) in [6.45, 7) is 3.78. The third-order valence-electron chi connectivity index (χ3n) is 1.67. The van der Waals surface area contributed by atoms with E-state index in [0.29, 0.717) is 6.61 Å². The third-order valence-corrected chi connectivity index (χ3v) is 1.67. The van der Waals surface area contributed by atoms with Gasteiger partial charge in [-0.1, -0.05) is 36.4 Å². The maximum Gasteiger partial charge on any atom is 0.372 e. The van der Waals surface area contributed by atoms with E-state index in [1.54, 1.807) is 6.08 Å². The van der Waals surface area contributed by atoms with Gasteiger partial charge in [0.2, 0.25) is 0 Å². The third kappa shape index (κ3) is 5.12. The Morgan fingerprint density at radius 3 is 2.33 bits per heavy atom. The van der Waals surface area contributed by atoms with Crippen molar-refractivity contribution in [2.75, 3.05) is 6.61 Å². The van der Waals surface area contributed by atoms with Crippen molar-refractivity contribution in [2.45, 2.75) is 0 Å². The first-order valence-corrected chi connectivity index (χ1v) is 4.16. The molecule has 0 amide bonds. The van der Waals surface area contributed by atoms with Crippen LogP contribution in [0.1, 0.15) is 0 Å². The molecular weight excluding hydrogens is 193 g/mol. The Labute approximate surface area is 89.8 Å². The van der Waals surface area contributed by atoms with Crippen LogP contribution in [0.3, 0.4) is 0 Å². The lowest BCUT2D eigenvalue weighted by molar-refractivity contribution is 0.385. The lowest BCUT2D eigenvalue weighted by atomic mass is 9.62. The van der Waals surface area contributed by atoms with E-state index < -0.39 is 0 Å². The van der Waals surface area contributed by atoms with Crippen LogP contribution in [0, 0.1) is 5.41 Å². The standard InChI is InChI=1S/C10H12BNO.2H2O/c1-2-8-13-11(9-12)10-6-4-3-5-7-10;;/h2-7,9,12H,1,8H2;2*1H2. The topological polar surface area (TPSA) is 96.1 Å². The Bertz CT molecular complexity index is 279. The predicted molar refractivity (Wildman–Crippen MR) is 64.0 cm³/mol. The fourth-order valence-corrected chi connectivity index (χ4v) is 1.05. The van der Waals surface area contributed by atoms with Gasteiger partial charge in [0.1, 0.15) is 0 Å². The molecular formula is C10H16BNO3. The Morgan fingerprint density at radius 1 is 1.27 bits per heavy atom. The Hall–Kier alpha value is -1.43. The molecule has 0 fully saturated rings. The van der Waals surface area contributed by atoms with Gasteiger partial charge in [-0.3, -0.25) is 0 Å². The zero-order valence-corrected chi connectivity index (χ0v) is 8.44. The van der Waals surface area contributed by atoms with Gasteiger partial charge in [0.25, 0.3) is 0 Å². The van der Waals surface area contributed by atoms with Gasteiger partial charge in [-0.2, -0.15) is 0 Å². The number of hydrogen-bond acceptors (Lipinski definition) is 2. The van der Waals surface area contributed by atoms with Crippen molar-refractivity contribution in [3.8, 4) is 0 Å². The number of hydrogen-bond donors (Lipinski definition) is 1. The molecule has 1 rings (SSSR count). The average Bonchev–Trinajstić information content (AvgIpc) is 2.21. The first-order valence-electron chi connectivity index (χ1n) is 4.16. The van der Waals surface area contributed by atoms with E-state index in [1.165, 1.54) is 6.11 Å². The van der Waals surface area contributed by atoms with E-state index in [2.05, 4.69) is 6.58 Å². The van der Waals surface area contributed by atoms with Crippen LogP contribution in [0.15, 0.2) is 43.0 Å². The molecule has 82 valence electrons. The zero-order valence-electron chi connectivity index (χ0n) is 8.44. The van der Waals surface area contributed by atoms with E-state index in [9.17, 15) is 0 Å². The molecule has 0 radical (unpaired) electrons. The molecule has 0 spiro atoms. The SMILES string of the molecule is C=CCOB(C=N)c1ccccc1.O.O. The maximum absolute atomic E-state index is 7.19. The summed E-state index contributed by atoms with van der Waals surface area (Å²) in [6, 6.07) is 9.70. The highest BCUT2D eigenvalue weighted by Gasteiger charge is 2.13. The van der Waals surface area contributed by atoms with E-state index in [-0.39, 0.29) is 17.9 Å². The number of benzene rings is 1. The zero-order chi connectivity index (χ0) is 9.52. The summed E-state index contributed by atoms with van der Waals surface area (Å²) in [7, 11) is 0. The average molecular weight is 209 g/mol. The van der Waals surface area contributed by atoms with Crippen LogP contribution in [-0.4, -0.2) is 30.6 Å². The van der Waals surface area contributed by atoms with E-state index >= 15 is 0 Å².